The normalized spacial score (nSPS) is 17.7. The molecule has 3 aliphatic carbocycles. The van der Waals surface area contributed by atoms with Gasteiger partial charge in [0.1, 0.15) is 5.82 Å². The lowest BCUT2D eigenvalue weighted by Crippen LogP contribution is -2.13. The molecule has 0 fully saturated rings. The number of hydrogen-bond acceptors (Lipinski definition) is 3. The highest BCUT2D eigenvalue weighted by atomic mass is 15.1. The molecule has 3 unspecified atom stereocenters. The monoisotopic (exact) mass is 793 g/mol. The maximum absolute atomic E-state index is 5.25. The lowest BCUT2D eigenvalue weighted by atomic mass is 9.73. The first-order valence-corrected chi connectivity index (χ1v) is 21.6. The number of rotatable bonds is 6. The Hall–Kier alpha value is -7.89. The molecule has 3 atom stereocenters. The van der Waals surface area contributed by atoms with Crippen LogP contribution in [0.1, 0.15) is 41.1 Å². The summed E-state index contributed by atoms with van der Waals surface area (Å²) in [5.41, 5.74) is 14.2. The Kier molecular flexibility index (Phi) is 7.79. The molecular formula is C57H39N5. The van der Waals surface area contributed by atoms with Gasteiger partial charge in [0.15, 0.2) is 11.6 Å². The molecule has 0 spiro atoms. The van der Waals surface area contributed by atoms with Crippen LogP contribution in [0.25, 0.3) is 88.9 Å². The van der Waals surface area contributed by atoms with Crippen molar-refractivity contribution < 1.29 is 0 Å². The largest absolute Gasteiger partial charge is 0.308 e. The lowest BCUT2D eigenvalue weighted by Gasteiger charge is -2.30. The predicted octanol–water partition coefficient (Wildman–Crippen LogP) is 14.0. The van der Waals surface area contributed by atoms with Crippen LogP contribution in [0.3, 0.4) is 0 Å². The zero-order valence-electron chi connectivity index (χ0n) is 33.8. The molecule has 5 nitrogen and oxygen atoms in total. The molecule has 62 heavy (non-hydrogen) atoms. The fraction of sp³-hybridized carbons (Fsp3) is 0.0702. The predicted molar refractivity (Wildman–Crippen MR) is 254 cm³/mol. The smallest absolute Gasteiger partial charge is 0.163 e. The Morgan fingerprint density at radius 3 is 1.69 bits per heavy atom. The van der Waals surface area contributed by atoms with Crippen LogP contribution in [-0.2, 0) is 0 Å². The van der Waals surface area contributed by atoms with Crippen LogP contribution in [-0.4, -0.2) is 24.1 Å². The van der Waals surface area contributed by atoms with E-state index in [4.69, 9.17) is 15.0 Å². The van der Waals surface area contributed by atoms with Gasteiger partial charge in [-0.05, 0) is 65.1 Å². The quantitative estimate of drug-likeness (QED) is 0.168. The van der Waals surface area contributed by atoms with Crippen LogP contribution in [0.15, 0.2) is 206 Å². The maximum Gasteiger partial charge on any atom is 0.163 e. The van der Waals surface area contributed by atoms with E-state index in [1.807, 2.05) is 24.3 Å². The third kappa shape index (κ3) is 5.31. The summed E-state index contributed by atoms with van der Waals surface area (Å²) < 4.78 is 5.00. The average Bonchev–Trinajstić information content (AvgIpc) is 3.88. The Morgan fingerprint density at radius 1 is 0.452 bits per heavy atom. The second-order valence-electron chi connectivity index (χ2n) is 16.7. The molecule has 0 bridgehead atoms. The molecule has 0 saturated carbocycles. The van der Waals surface area contributed by atoms with Gasteiger partial charge >= 0.3 is 0 Å². The standard InChI is InChI=1S/C57H39N5/c1-3-15-36(16-4-1)37-31-33-39(34-32-37)56-58-55(38-17-5-2-6-18-38)59-57(60-56)40-19-11-20-41(35-40)61-48-27-10-9-23-44(48)47-26-14-30-51(54(47)61)62-49-28-12-24-45-42-21-7-8-22-43(42)46-25-13-29-50(62)53(46)52(45)49/h1-18,20-35,40,42-43H,19H2. The Morgan fingerprint density at radius 2 is 1.00 bits per heavy atom. The van der Waals surface area contributed by atoms with Crippen molar-refractivity contribution >= 4 is 49.3 Å². The highest BCUT2D eigenvalue weighted by Gasteiger charge is 2.33. The highest BCUT2D eigenvalue weighted by Crippen LogP contribution is 2.51. The van der Waals surface area contributed by atoms with Gasteiger partial charge in [0, 0.05) is 56.1 Å². The van der Waals surface area contributed by atoms with E-state index in [0.29, 0.717) is 23.5 Å². The summed E-state index contributed by atoms with van der Waals surface area (Å²) in [4.78, 5) is 15.5. The van der Waals surface area contributed by atoms with Gasteiger partial charge in [-0.2, -0.15) is 0 Å². The van der Waals surface area contributed by atoms with Crippen molar-refractivity contribution in [3.63, 3.8) is 0 Å². The van der Waals surface area contributed by atoms with E-state index in [1.165, 1.54) is 60.3 Å². The summed E-state index contributed by atoms with van der Waals surface area (Å²) in [6.07, 6.45) is 16.9. The molecule has 3 aliphatic rings. The van der Waals surface area contributed by atoms with E-state index >= 15 is 0 Å². The molecule has 292 valence electrons. The van der Waals surface area contributed by atoms with Gasteiger partial charge in [0.25, 0.3) is 0 Å². The van der Waals surface area contributed by atoms with Crippen LogP contribution in [0.2, 0.25) is 0 Å². The fourth-order valence-electron chi connectivity index (χ4n) is 10.5. The summed E-state index contributed by atoms with van der Waals surface area (Å²) >= 11 is 0. The van der Waals surface area contributed by atoms with Gasteiger partial charge in [0.05, 0.1) is 27.8 Å². The zero-order valence-corrected chi connectivity index (χ0v) is 33.8. The number of allylic oxidation sites excluding steroid dienone is 8. The van der Waals surface area contributed by atoms with Crippen molar-refractivity contribution in [1.29, 1.82) is 0 Å². The fourth-order valence-corrected chi connectivity index (χ4v) is 10.5. The highest BCUT2D eigenvalue weighted by molar-refractivity contribution is 6.17. The molecule has 0 aliphatic heterocycles. The Labute approximate surface area is 359 Å². The van der Waals surface area contributed by atoms with Gasteiger partial charge in [-0.15, -0.1) is 0 Å². The summed E-state index contributed by atoms with van der Waals surface area (Å²) in [5, 5.41) is 5.18. The van der Waals surface area contributed by atoms with Crippen molar-refractivity contribution in [3.05, 3.63) is 223 Å². The number of para-hydroxylation sites is 2. The van der Waals surface area contributed by atoms with E-state index in [0.717, 1.165) is 40.3 Å². The molecule has 0 radical (unpaired) electrons. The minimum Gasteiger partial charge on any atom is -0.308 e. The van der Waals surface area contributed by atoms with Crippen LogP contribution in [0.5, 0.6) is 0 Å². The van der Waals surface area contributed by atoms with Crippen LogP contribution in [0.4, 0.5) is 0 Å². The number of hydrogen-bond donors (Lipinski definition) is 0. The molecule has 3 heterocycles. The van der Waals surface area contributed by atoms with E-state index in [2.05, 4.69) is 191 Å². The van der Waals surface area contributed by atoms with Gasteiger partial charge in [-0.1, -0.05) is 170 Å². The average molecular weight is 794 g/mol. The summed E-state index contributed by atoms with van der Waals surface area (Å²) in [6, 6.07) is 58.7. The van der Waals surface area contributed by atoms with E-state index in [9.17, 15) is 0 Å². The van der Waals surface area contributed by atoms with Crippen LogP contribution < -0.4 is 0 Å². The van der Waals surface area contributed by atoms with Crippen LogP contribution in [0, 0.1) is 0 Å². The molecule has 7 aromatic carbocycles. The number of aromatic nitrogens is 5. The molecule has 10 aromatic rings. The van der Waals surface area contributed by atoms with Crippen molar-refractivity contribution in [2.75, 3.05) is 0 Å². The van der Waals surface area contributed by atoms with Crippen LogP contribution >= 0.6 is 0 Å². The Bertz CT molecular complexity index is 3470. The van der Waals surface area contributed by atoms with Gasteiger partial charge in [-0.25, -0.2) is 15.0 Å². The summed E-state index contributed by atoms with van der Waals surface area (Å²) in [6.45, 7) is 0. The van der Waals surface area contributed by atoms with Crippen molar-refractivity contribution in [2.45, 2.75) is 24.2 Å². The first-order chi connectivity index (χ1) is 30.8. The molecule has 13 rings (SSSR count). The number of fused-ring (bicyclic) bond motifs is 6. The third-order valence-corrected chi connectivity index (χ3v) is 13.2. The molecule has 0 saturated heterocycles. The van der Waals surface area contributed by atoms with E-state index in [1.54, 1.807) is 0 Å². The van der Waals surface area contributed by atoms with E-state index < -0.39 is 0 Å². The Balaban J connectivity index is 1.00. The maximum atomic E-state index is 5.25. The second kappa shape index (κ2) is 13.8. The first-order valence-electron chi connectivity index (χ1n) is 21.6. The molecule has 0 N–H and O–H groups in total. The minimum atomic E-state index is -0.0805. The first kappa shape index (κ1) is 34.9. The van der Waals surface area contributed by atoms with Gasteiger partial charge in [-0.3, -0.25) is 0 Å². The topological polar surface area (TPSA) is 48.5 Å². The van der Waals surface area contributed by atoms with Crippen molar-refractivity contribution in [2.24, 2.45) is 0 Å². The summed E-state index contributed by atoms with van der Waals surface area (Å²) in [7, 11) is 0. The van der Waals surface area contributed by atoms with Crippen molar-refractivity contribution in [3.8, 4) is 39.6 Å². The summed E-state index contributed by atoms with van der Waals surface area (Å²) in [5.74, 6) is 2.67. The van der Waals surface area contributed by atoms with Gasteiger partial charge < -0.3 is 9.13 Å². The van der Waals surface area contributed by atoms with Crippen molar-refractivity contribution in [1.82, 2.24) is 24.1 Å². The molecule has 5 heteroatoms. The molecule has 0 amide bonds. The minimum absolute atomic E-state index is 0.0805. The molecule has 3 aromatic heterocycles. The third-order valence-electron chi connectivity index (χ3n) is 13.2. The second-order valence-corrected chi connectivity index (χ2v) is 16.7. The SMILES string of the molecule is C1=CC2c3cccc4c3c3c(cccc3n4-c3cccc4c5ccccc5n(C5=CC(c6nc(-c7ccccc7)nc(-c7ccc(-c8ccccc8)cc7)n6)CC=C5)c34)C2C=C1. The van der Waals surface area contributed by atoms with Gasteiger partial charge in [0.2, 0.25) is 0 Å². The number of benzene rings is 7. The zero-order chi connectivity index (χ0) is 40.7. The van der Waals surface area contributed by atoms with E-state index in [-0.39, 0.29) is 5.92 Å². The number of nitrogens with zero attached hydrogens (tertiary/aromatic N) is 5. The lowest BCUT2D eigenvalue weighted by molar-refractivity contribution is 0.734. The molecular weight excluding hydrogens is 755 g/mol.